The number of aryl methyl sites for hydroxylation is 1. The van der Waals surface area contributed by atoms with E-state index in [4.69, 9.17) is 0 Å². The Morgan fingerprint density at radius 3 is 2.94 bits per heavy atom. The average Bonchev–Trinajstić information content (AvgIpc) is 2.76. The second kappa shape index (κ2) is 5.22. The average molecular weight is 249 g/mol. The zero-order chi connectivity index (χ0) is 13.2. The van der Waals surface area contributed by atoms with Gasteiger partial charge in [-0.2, -0.15) is 5.10 Å². The molecule has 100 valence electrons. The van der Waals surface area contributed by atoms with Crippen LogP contribution in [0.4, 0.5) is 0 Å². The quantitative estimate of drug-likeness (QED) is 0.881. The number of Topliss-reactive ketones (excluding diaryl/α,β-unsaturated/α-hetero) is 1. The van der Waals surface area contributed by atoms with Crippen LogP contribution >= 0.6 is 0 Å². The number of hydrogen-bond acceptors (Lipinski definition) is 3. The molecule has 1 aromatic heterocycles. The van der Waals surface area contributed by atoms with Crippen LogP contribution in [0.1, 0.15) is 32.4 Å². The molecule has 18 heavy (non-hydrogen) atoms. The number of carbonyl (C=O) groups excluding carboxylic acids is 1. The summed E-state index contributed by atoms with van der Waals surface area (Å²) >= 11 is 0. The highest BCUT2D eigenvalue weighted by molar-refractivity contribution is 5.86. The molecule has 1 aliphatic heterocycles. The van der Waals surface area contributed by atoms with Gasteiger partial charge in [0.25, 0.3) is 0 Å². The van der Waals surface area contributed by atoms with Crippen LogP contribution < -0.4 is 5.32 Å². The van der Waals surface area contributed by atoms with E-state index in [-0.39, 0.29) is 5.41 Å². The van der Waals surface area contributed by atoms with Crippen molar-refractivity contribution in [1.82, 2.24) is 15.1 Å². The lowest BCUT2D eigenvalue weighted by atomic mass is 9.71. The minimum Gasteiger partial charge on any atom is -0.316 e. The van der Waals surface area contributed by atoms with E-state index >= 15 is 0 Å². The molecule has 0 radical (unpaired) electrons. The number of hydrogen-bond donors (Lipinski definition) is 1. The van der Waals surface area contributed by atoms with Gasteiger partial charge in [0.05, 0.1) is 12.1 Å². The van der Waals surface area contributed by atoms with Gasteiger partial charge < -0.3 is 5.32 Å². The van der Waals surface area contributed by atoms with E-state index in [1.165, 1.54) is 6.42 Å². The van der Waals surface area contributed by atoms with Crippen LogP contribution in [-0.2, 0) is 18.3 Å². The van der Waals surface area contributed by atoms with Gasteiger partial charge in [-0.1, -0.05) is 13.8 Å². The summed E-state index contributed by atoms with van der Waals surface area (Å²) in [6.45, 7) is 6.20. The monoisotopic (exact) mass is 249 g/mol. The fourth-order valence-corrected chi connectivity index (χ4v) is 2.65. The number of rotatable bonds is 4. The largest absolute Gasteiger partial charge is 0.316 e. The van der Waals surface area contributed by atoms with Gasteiger partial charge in [-0.15, -0.1) is 0 Å². The lowest BCUT2D eigenvalue weighted by molar-refractivity contribution is -0.129. The van der Waals surface area contributed by atoms with Crippen molar-refractivity contribution in [1.29, 1.82) is 0 Å². The first-order chi connectivity index (χ1) is 8.50. The topological polar surface area (TPSA) is 46.9 Å². The number of nitrogens with zero attached hydrogens (tertiary/aromatic N) is 2. The highest BCUT2D eigenvalue weighted by Gasteiger charge is 2.36. The standard InChI is InChI=1S/C14H23N3O/c1-14(2,11-5-4-7-15-10-11)13(18)9-12-6-8-17(3)16-12/h6,8,11,15H,4-5,7,9-10H2,1-3H3. The molecule has 0 spiro atoms. The van der Waals surface area contributed by atoms with Crippen molar-refractivity contribution >= 4 is 5.78 Å². The number of aromatic nitrogens is 2. The van der Waals surface area contributed by atoms with E-state index in [1.54, 1.807) is 4.68 Å². The van der Waals surface area contributed by atoms with Crippen molar-refractivity contribution in [2.75, 3.05) is 13.1 Å². The molecule has 4 nitrogen and oxygen atoms in total. The Kier molecular flexibility index (Phi) is 3.85. The summed E-state index contributed by atoms with van der Waals surface area (Å²) in [5, 5.41) is 7.68. The summed E-state index contributed by atoms with van der Waals surface area (Å²) in [5.74, 6) is 0.748. The van der Waals surface area contributed by atoms with Gasteiger partial charge in [0.1, 0.15) is 5.78 Å². The minimum atomic E-state index is -0.259. The summed E-state index contributed by atoms with van der Waals surface area (Å²) in [6.07, 6.45) is 4.65. The Morgan fingerprint density at radius 1 is 1.61 bits per heavy atom. The van der Waals surface area contributed by atoms with Crippen molar-refractivity contribution in [3.63, 3.8) is 0 Å². The molecule has 1 N–H and O–H groups in total. The third-order valence-corrected chi connectivity index (χ3v) is 4.15. The number of nitrogens with one attached hydrogen (secondary N) is 1. The van der Waals surface area contributed by atoms with Crippen molar-refractivity contribution in [2.24, 2.45) is 18.4 Å². The highest BCUT2D eigenvalue weighted by atomic mass is 16.1. The van der Waals surface area contributed by atoms with Crippen LogP contribution in [0.25, 0.3) is 0 Å². The Hall–Kier alpha value is -1.16. The van der Waals surface area contributed by atoms with E-state index in [1.807, 2.05) is 19.3 Å². The third kappa shape index (κ3) is 2.80. The van der Waals surface area contributed by atoms with Crippen LogP contribution in [-0.4, -0.2) is 28.7 Å². The molecule has 0 aromatic carbocycles. The summed E-state index contributed by atoms with van der Waals surface area (Å²) in [7, 11) is 1.88. The van der Waals surface area contributed by atoms with E-state index in [9.17, 15) is 4.79 Å². The maximum Gasteiger partial charge on any atom is 0.144 e. The molecule has 1 aromatic rings. The predicted octanol–water partition coefficient (Wildman–Crippen LogP) is 1.56. The van der Waals surface area contributed by atoms with Crippen LogP contribution in [0.2, 0.25) is 0 Å². The molecule has 4 heteroatoms. The smallest absolute Gasteiger partial charge is 0.144 e. The zero-order valence-corrected chi connectivity index (χ0v) is 11.6. The molecule has 2 rings (SSSR count). The fourth-order valence-electron chi connectivity index (χ4n) is 2.65. The molecule has 1 fully saturated rings. The van der Waals surface area contributed by atoms with Gasteiger partial charge in [-0.05, 0) is 37.9 Å². The summed E-state index contributed by atoms with van der Waals surface area (Å²) < 4.78 is 1.75. The Bertz CT molecular complexity index is 416. The summed E-state index contributed by atoms with van der Waals surface area (Å²) in [6, 6.07) is 1.92. The Morgan fingerprint density at radius 2 is 2.39 bits per heavy atom. The molecule has 1 unspecified atom stereocenters. The maximum absolute atomic E-state index is 12.5. The van der Waals surface area contributed by atoms with E-state index < -0.39 is 0 Å². The molecule has 0 aliphatic carbocycles. The van der Waals surface area contributed by atoms with Crippen LogP contribution in [0.5, 0.6) is 0 Å². The summed E-state index contributed by atoms with van der Waals surface area (Å²) in [4.78, 5) is 12.5. The number of ketones is 1. The molecule has 1 aliphatic rings. The molecular weight excluding hydrogens is 226 g/mol. The molecule has 0 saturated carbocycles. The lowest BCUT2D eigenvalue weighted by Gasteiger charge is -2.36. The van der Waals surface area contributed by atoms with Gasteiger partial charge in [0.15, 0.2) is 0 Å². The van der Waals surface area contributed by atoms with Crippen molar-refractivity contribution in [3.8, 4) is 0 Å². The lowest BCUT2D eigenvalue weighted by Crippen LogP contribution is -2.43. The van der Waals surface area contributed by atoms with Crippen molar-refractivity contribution < 1.29 is 4.79 Å². The summed E-state index contributed by atoms with van der Waals surface area (Å²) in [5.41, 5.74) is 0.615. The van der Waals surface area contributed by atoms with E-state index in [0.29, 0.717) is 18.1 Å². The molecule has 0 amide bonds. The van der Waals surface area contributed by atoms with Crippen LogP contribution in [0, 0.1) is 11.3 Å². The first-order valence-corrected chi connectivity index (χ1v) is 6.72. The third-order valence-electron chi connectivity index (χ3n) is 4.15. The van der Waals surface area contributed by atoms with Crippen LogP contribution in [0.15, 0.2) is 12.3 Å². The molecular formula is C14H23N3O. The Balaban J connectivity index is 2.02. The van der Waals surface area contributed by atoms with Gasteiger partial charge in [0.2, 0.25) is 0 Å². The van der Waals surface area contributed by atoms with Gasteiger partial charge >= 0.3 is 0 Å². The van der Waals surface area contributed by atoms with Gasteiger partial charge in [-0.25, -0.2) is 0 Å². The van der Waals surface area contributed by atoms with Crippen molar-refractivity contribution in [2.45, 2.75) is 33.1 Å². The molecule has 0 bridgehead atoms. The minimum absolute atomic E-state index is 0.259. The predicted molar refractivity (Wildman–Crippen MR) is 71.3 cm³/mol. The van der Waals surface area contributed by atoms with Crippen LogP contribution in [0.3, 0.4) is 0 Å². The van der Waals surface area contributed by atoms with Gasteiger partial charge in [-0.3, -0.25) is 9.48 Å². The van der Waals surface area contributed by atoms with E-state index in [2.05, 4.69) is 24.3 Å². The SMILES string of the molecule is Cn1ccc(CC(=O)C(C)(C)C2CCCNC2)n1. The molecule has 2 heterocycles. The zero-order valence-electron chi connectivity index (χ0n) is 11.6. The second-order valence-corrected chi connectivity index (χ2v) is 5.85. The number of piperidine rings is 1. The molecule has 1 atom stereocenters. The number of carbonyl (C=O) groups is 1. The highest BCUT2D eigenvalue weighted by Crippen LogP contribution is 2.33. The fraction of sp³-hybridized carbons (Fsp3) is 0.714. The van der Waals surface area contributed by atoms with Crippen molar-refractivity contribution in [3.05, 3.63) is 18.0 Å². The normalized spacial score (nSPS) is 20.9. The van der Waals surface area contributed by atoms with E-state index in [0.717, 1.165) is 25.2 Å². The molecule has 1 saturated heterocycles. The van der Waals surface area contributed by atoms with Gasteiger partial charge in [0, 0.05) is 18.7 Å². The first-order valence-electron chi connectivity index (χ1n) is 6.72. The Labute approximate surface area is 109 Å². The maximum atomic E-state index is 12.5. The first kappa shape index (κ1) is 13.3. The second-order valence-electron chi connectivity index (χ2n) is 5.85.